The Hall–Kier alpha value is -0.340. The van der Waals surface area contributed by atoms with E-state index < -0.39 is 0 Å². The molecule has 0 spiro atoms. The van der Waals surface area contributed by atoms with Crippen molar-refractivity contribution in [2.75, 3.05) is 13.4 Å². The summed E-state index contributed by atoms with van der Waals surface area (Å²) in [4.78, 5) is 0. The van der Waals surface area contributed by atoms with Crippen LogP contribution in [0.3, 0.4) is 0 Å². The number of fused-ring (bicyclic) bond motifs is 1. The van der Waals surface area contributed by atoms with Crippen LogP contribution >= 0.6 is 0 Å². The zero-order valence-electron chi connectivity index (χ0n) is 6.88. The van der Waals surface area contributed by atoms with Gasteiger partial charge < -0.3 is 9.47 Å². The monoisotopic (exact) mass is 154 g/mol. The number of hydrogen-bond acceptors (Lipinski definition) is 2. The molecular formula is C9H14O2. The van der Waals surface area contributed by atoms with Crippen molar-refractivity contribution >= 4 is 0 Å². The second-order valence-electron chi connectivity index (χ2n) is 3.51. The maximum atomic E-state index is 5.46. The van der Waals surface area contributed by atoms with E-state index in [2.05, 4.69) is 13.5 Å². The molecule has 0 bridgehead atoms. The lowest BCUT2D eigenvalue weighted by Crippen LogP contribution is -2.30. The van der Waals surface area contributed by atoms with Gasteiger partial charge in [-0.05, 0) is 12.3 Å². The maximum absolute atomic E-state index is 5.46. The fraction of sp³-hybridized carbons (Fsp3) is 0.778. The number of ether oxygens (including phenoxy) is 2. The second kappa shape index (κ2) is 2.61. The van der Waals surface area contributed by atoms with Crippen molar-refractivity contribution in [3.05, 3.63) is 12.2 Å². The van der Waals surface area contributed by atoms with Gasteiger partial charge in [-0.15, -0.1) is 0 Å². The standard InChI is InChI=1S/C9H14O2/c1-6-3-9-8(7(6)2)4-10-5-11-9/h6,8-9H,2-5H2,1H3/t6-,8+,9+/m1/s1. The maximum Gasteiger partial charge on any atom is 0.147 e. The predicted octanol–water partition coefficient (Wildman–Crippen LogP) is 1.57. The third-order valence-corrected chi connectivity index (χ3v) is 2.81. The van der Waals surface area contributed by atoms with Crippen LogP contribution in [0.15, 0.2) is 12.2 Å². The Morgan fingerprint density at radius 1 is 1.55 bits per heavy atom. The normalized spacial score (nSPS) is 44.1. The van der Waals surface area contributed by atoms with Gasteiger partial charge >= 0.3 is 0 Å². The number of rotatable bonds is 0. The lowest BCUT2D eigenvalue weighted by Gasteiger charge is -2.25. The topological polar surface area (TPSA) is 18.5 Å². The van der Waals surface area contributed by atoms with Crippen molar-refractivity contribution in [3.63, 3.8) is 0 Å². The quantitative estimate of drug-likeness (QED) is 0.493. The summed E-state index contributed by atoms with van der Waals surface area (Å²) >= 11 is 0. The molecule has 1 saturated heterocycles. The van der Waals surface area contributed by atoms with E-state index in [1.54, 1.807) is 0 Å². The lowest BCUT2D eigenvalue weighted by atomic mass is 10.00. The van der Waals surface area contributed by atoms with E-state index in [1.165, 1.54) is 5.57 Å². The van der Waals surface area contributed by atoms with Gasteiger partial charge in [0.1, 0.15) is 6.79 Å². The summed E-state index contributed by atoms with van der Waals surface area (Å²) in [6.07, 6.45) is 1.53. The highest BCUT2D eigenvalue weighted by Gasteiger charge is 2.38. The van der Waals surface area contributed by atoms with E-state index in [9.17, 15) is 0 Å². The highest BCUT2D eigenvalue weighted by atomic mass is 16.7. The molecule has 3 atom stereocenters. The van der Waals surface area contributed by atoms with Crippen LogP contribution in [0.5, 0.6) is 0 Å². The van der Waals surface area contributed by atoms with Crippen molar-refractivity contribution in [2.24, 2.45) is 11.8 Å². The van der Waals surface area contributed by atoms with Crippen LogP contribution in [0, 0.1) is 11.8 Å². The molecule has 1 saturated carbocycles. The first-order chi connectivity index (χ1) is 5.29. The third-order valence-electron chi connectivity index (χ3n) is 2.81. The van der Waals surface area contributed by atoms with E-state index in [0.717, 1.165) is 13.0 Å². The van der Waals surface area contributed by atoms with Crippen molar-refractivity contribution in [1.29, 1.82) is 0 Å². The average molecular weight is 154 g/mol. The summed E-state index contributed by atoms with van der Waals surface area (Å²) in [7, 11) is 0. The molecule has 2 heteroatoms. The Kier molecular flexibility index (Phi) is 1.74. The summed E-state index contributed by atoms with van der Waals surface area (Å²) < 4.78 is 10.7. The zero-order valence-corrected chi connectivity index (χ0v) is 6.88. The average Bonchev–Trinajstić information content (AvgIpc) is 2.30. The van der Waals surface area contributed by atoms with Gasteiger partial charge in [0.15, 0.2) is 0 Å². The number of hydrogen-bond donors (Lipinski definition) is 0. The van der Waals surface area contributed by atoms with Crippen molar-refractivity contribution in [3.8, 4) is 0 Å². The highest BCUT2D eigenvalue weighted by Crippen LogP contribution is 2.38. The van der Waals surface area contributed by atoms with E-state index in [0.29, 0.717) is 24.7 Å². The largest absolute Gasteiger partial charge is 0.355 e. The molecule has 0 radical (unpaired) electrons. The molecule has 11 heavy (non-hydrogen) atoms. The first-order valence-electron chi connectivity index (χ1n) is 4.17. The first-order valence-corrected chi connectivity index (χ1v) is 4.17. The molecule has 0 aromatic rings. The van der Waals surface area contributed by atoms with Crippen molar-refractivity contribution in [2.45, 2.75) is 19.4 Å². The fourth-order valence-electron chi connectivity index (χ4n) is 1.98. The molecule has 0 aromatic heterocycles. The van der Waals surface area contributed by atoms with Crippen LogP contribution in [0.2, 0.25) is 0 Å². The van der Waals surface area contributed by atoms with Gasteiger partial charge in [0.25, 0.3) is 0 Å². The van der Waals surface area contributed by atoms with Gasteiger partial charge in [0.2, 0.25) is 0 Å². The SMILES string of the molecule is C=C1[C@H](C)C[C@@H]2OCOC[C@@H]12. The lowest BCUT2D eigenvalue weighted by molar-refractivity contribution is -0.154. The molecule has 1 heterocycles. The second-order valence-corrected chi connectivity index (χ2v) is 3.51. The Morgan fingerprint density at radius 3 is 3.09 bits per heavy atom. The minimum absolute atomic E-state index is 0.395. The van der Waals surface area contributed by atoms with Gasteiger partial charge in [-0.25, -0.2) is 0 Å². The van der Waals surface area contributed by atoms with Gasteiger partial charge in [-0.1, -0.05) is 19.1 Å². The van der Waals surface area contributed by atoms with Crippen molar-refractivity contribution in [1.82, 2.24) is 0 Å². The van der Waals surface area contributed by atoms with Crippen LogP contribution < -0.4 is 0 Å². The van der Waals surface area contributed by atoms with Crippen LogP contribution in [-0.2, 0) is 9.47 Å². The smallest absolute Gasteiger partial charge is 0.147 e. The Morgan fingerprint density at radius 2 is 2.36 bits per heavy atom. The van der Waals surface area contributed by atoms with Crippen LogP contribution in [-0.4, -0.2) is 19.5 Å². The summed E-state index contributed by atoms with van der Waals surface area (Å²) in [6, 6.07) is 0. The molecule has 0 aromatic carbocycles. The van der Waals surface area contributed by atoms with Crippen LogP contribution in [0.25, 0.3) is 0 Å². The molecule has 1 aliphatic heterocycles. The molecule has 0 amide bonds. The van der Waals surface area contributed by atoms with Crippen molar-refractivity contribution < 1.29 is 9.47 Å². The molecule has 2 aliphatic rings. The van der Waals surface area contributed by atoms with Crippen LogP contribution in [0.4, 0.5) is 0 Å². The van der Waals surface area contributed by atoms with Gasteiger partial charge in [0.05, 0.1) is 12.7 Å². The zero-order chi connectivity index (χ0) is 7.84. The fourth-order valence-corrected chi connectivity index (χ4v) is 1.98. The predicted molar refractivity (Wildman–Crippen MR) is 42.1 cm³/mol. The molecule has 2 nitrogen and oxygen atoms in total. The highest BCUT2D eigenvalue weighted by molar-refractivity contribution is 5.14. The summed E-state index contributed by atoms with van der Waals surface area (Å²) in [5, 5.41) is 0. The summed E-state index contributed by atoms with van der Waals surface area (Å²) in [5.74, 6) is 1.09. The third kappa shape index (κ3) is 1.10. The van der Waals surface area contributed by atoms with E-state index >= 15 is 0 Å². The van der Waals surface area contributed by atoms with E-state index in [-0.39, 0.29) is 0 Å². The summed E-state index contributed by atoms with van der Waals surface area (Å²) in [6.45, 7) is 7.56. The molecule has 0 N–H and O–H groups in total. The molecule has 1 aliphatic carbocycles. The molecule has 2 rings (SSSR count). The van der Waals surface area contributed by atoms with Gasteiger partial charge in [-0.3, -0.25) is 0 Å². The van der Waals surface area contributed by atoms with E-state index in [4.69, 9.17) is 9.47 Å². The van der Waals surface area contributed by atoms with E-state index in [1.807, 2.05) is 0 Å². The molecule has 62 valence electrons. The van der Waals surface area contributed by atoms with Gasteiger partial charge in [0, 0.05) is 5.92 Å². The Labute approximate surface area is 67.2 Å². The van der Waals surface area contributed by atoms with Gasteiger partial charge in [-0.2, -0.15) is 0 Å². The van der Waals surface area contributed by atoms with Crippen LogP contribution in [0.1, 0.15) is 13.3 Å². The minimum Gasteiger partial charge on any atom is -0.355 e. The molecule has 2 fully saturated rings. The molecular weight excluding hydrogens is 140 g/mol. The summed E-state index contributed by atoms with van der Waals surface area (Å²) in [5.41, 5.74) is 1.31. The first kappa shape index (κ1) is 7.32. The molecule has 0 unspecified atom stereocenters. The Bertz CT molecular complexity index is 176. The Balaban J connectivity index is 2.11. The minimum atomic E-state index is 0.395.